The van der Waals surface area contributed by atoms with Gasteiger partial charge in [-0.3, -0.25) is 0 Å². The van der Waals surface area contributed by atoms with Crippen LogP contribution in [0.5, 0.6) is 0 Å². The molecule has 2 aromatic heterocycles. The number of aromatic nitrogens is 3. The largest absolute Gasteiger partial charge is 0.339 e. The summed E-state index contributed by atoms with van der Waals surface area (Å²) in [5, 5.41) is 10.2. The molecule has 0 radical (unpaired) electrons. The summed E-state index contributed by atoms with van der Waals surface area (Å²) in [4.78, 5) is 8.73. The second kappa shape index (κ2) is 5.37. The molecule has 0 fully saturated rings. The zero-order valence-electron chi connectivity index (χ0n) is 10.2. The first kappa shape index (κ1) is 12.2. The first-order valence-electron chi connectivity index (χ1n) is 5.57. The van der Waals surface area contributed by atoms with Crippen LogP contribution >= 0.6 is 11.3 Å². The quantitative estimate of drug-likeness (QED) is 0.875. The number of hydrogen-bond donors (Lipinski definition) is 1. The Morgan fingerprint density at radius 1 is 1.47 bits per heavy atom. The van der Waals surface area contributed by atoms with E-state index < -0.39 is 0 Å². The lowest BCUT2D eigenvalue weighted by Gasteiger charge is -2.04. The molecule has 0 aliphatic heterocycles. The molecule has 0 aliphatic carbocycles. The molecule has 1 atom stereocenters. The van der Waals surface area contributed by atoms with Gasteiger partial charge in [0, 0.05) is 17.8 Å². The van der Waals surface area contributed by atoms with Crippen LogP contribution in [-0.2, 0) is 12.8 Å². The fourth-order valence-corrected chi connectivity index (χ4v) is 2.07. The number of rotatable bonds is 5. The van der Waals surface area contributed by atoms with E-state index in [0.29, 0.717) is 24.2 Å². The van der Waals surface area contributed by atoms with Gasteiger partial charge in [0.25, 0.3) is 0 Å². The topological polar surface area (TPSA) is 63.8 Å². The highest BCUT2D eigenvalue weighted by Gasteiger charge is 2.11. The van der Waals surface area contributed by atoms with Crippen molar-refractivity contribution in [3.05, 3.63) is 27.8 Å². The first-order valence-corrected chi connectivity index (χ1v) is 6.45. The molecule has 5 nitrogen and oxygen atoms in total. The van der Waals surface area contributed by atoms with Gasteiger partial charge >= 0.3 is 0 Å². The van der Waals surface area contributed by atoms with E-state index in [2.05, 4.69) is 27.4 Å². The summed E-state index contributed by atoms with van der Waals surface area (Å²) >= 11 is 1.64. The maximum Gasteiger partial charge on any atom is 0.228 e. The minimum Gasteiger partial charge on any atom is -0.339 e. The summed E-state index contributed by atoms with van der Waals surface area (Å²) in [7, 11) is 1.92. The standard InChI is InChI=1S/C11H16N4OS/c1-7(12-3)4-11-14-10(15-16-11)5-9-6-17-8(2)13-9/h6-7,12H,4-5H2,1-3H3. The Morgan fingerprint density at radius 3 is 2.94 bits per heavy atom. The van der Waals surface area contributed by atoms with E-state index >= 15 is 0 Å². The lowest BCUT2D eigenvalue weighted by molar-refractivity contribution is 0.361. The van der Waals surface area contributed by atoms with E-state index in [-0.39, 0.29) is 0 Å². The second-order valence-electron chi connectivity index (χ2n) is 4.03. The number of nitrogens with one attached hydrogen (secondary N) is 1. The zero-order chi connectivity index (χ0) is 12.3. The predicted octanol–water partition coefficient (Wildman–Crippen LogP) is 1.58. The average Bonchev–Trinajstić information content (AvgIpc) is 2.89. The molecule has 6 heteroatoms. The molecule has 0 bridgehead atoms. The Balaban J connectivity index is 1.98. The summed E-state index contributed by atoms with van der Waals surface area (Å²) in [6, 6.07) is 0.338. The third kappa shape index (κ3) is 3.34. The highest BCUT2D eigenvalue weighted by molar-refractivity contribution is 7.09. The van der Waals surface area contributed by atoms with Gasteiger partial charge in [0.2, 0.25) is 5.89 Å². The van der Waals surface area contributed by atoms with Crippen LogP contribution in [0.25, 0.3) is 0 Å². The Kier molecular flexibility index (Phi) is 3.86. The van der Waals surface area contributed by atoms with E-state index in [1.807, 2.05) is 19.4 Å². The second-order valence-corrected chi connectivity index (χ2v) is 5.10. The lowest BCUT2D eigenvalue weighted by Crippen LogP contribution is -2.23. The van der Waals surface area contributed by atoms with Crippen LogP contribution in [0.3, 0.4) is 0 Å². The Labute approximate surface area is 104 Å². The molecule has 1 unspecified atom stereocenters. The summed E-state index contributed by atoms with van der Waals surface area (Å²) in [5.74, 6) is 1.38. The van der Waals surface area contributed by atoms with Crippen molar-refractivity contribution in [1.82, 2.24) is 20.4 Å². The molecule has 2 rings (SSSR count). The van der Waals surface area contributed by atoms with Gasteiger partial charge in [0.05, 0.1) is 17.1 Å². The minimum absolute atomic E-state index is 0.338. The highest BCUT2D eigenvalue weighted by Crippen LogP contribution is 2.11. The third-order valence-corrected chi connectivity index (χ3v) is 3.31. The van der Waals surface area contributed by atoms with Crippen LogP contribution < -0.4 is 5.32 Å². The molecule has 1 N–H and O–H groups in total. The number of hydrogen-bond acceptors (Lipinski definition) is 6. The normalized spacial score (nSPS) is 12.9. The molecule has 0 amide bonds. The molecule has 2 heterocycles. The Morgan fingerprint density at radius 2 is 2.29 bits per heavy atom. The van der Waals surface area contributed by atoms with Gasteiger partial charge in [0.1, 0.15) is 0 Å². The molecule has 17 heavy (non-hydrogen) atoms. The van der Waals surface area contributed by atoms with Gasteiger partial charge in [-0.1, -0.05) is 5.16 Å². The van der Waals surface area contributed by atoms with Crippen molar-refractivity contribution in [2.45, 2.75) is 32.7 Å². The molecular weight excluding hydrogens is 236 g/mol. The fourth-order valence-electron chi connectivity index (χ4n) is 1.46. The Hall–Kier alpha value is -1.27. The van der Waals surface area contributed by atoms with Gasteiger partial charge in [-0.25, -0.2) is 4.98 Å². The average molecular weight is 252 g/mol. The van der Waals surface area contributed by atoms with Crippen LogP contribution in [0.4, 0.5) is 0 Å². The summed E-state index contributed by atoms with van der Waals surface area (Å²) in [6.45, 7) is 4.07. The fraction of sp³-hybridized carbons (Fsp3) is 0.545. The first-order chi connectivity index (χ1) is 8.17. The number of nitrogens with zero attached hydrogens (tertiary/aromatic N) is 3. The smallest absolute Gasteiger partial charge is 0.228 e. The Bertz CT molecular complexity index is 479. The van der Waals surface area contributed by atoms with Crippen molar-refractivity contribution in [3.63, 3.8) is 0 Å². The van der Waals surface area contributed by atoms with E-state index in [4.69, 9.17) is 4.52 Å². The SMILES string of the molecule is CNC(C)Cc1nc(Cc2csc(C)n2)no1. The summed E-state index contributed by atoms with van der Waals surface area (Å²) in [5.41, 5.74) is 1.00. The summed E-state index contributed by atoms with van der Waals surface area (Å²) < 4.78 is 5.19. The van der Waals surface area contributed by atoms with E-state index in [0.717, 1.165) is 17.1 Å². The van der Waals surface area contributed by atoms with Crippen molar-refractivity contribution in [2.24, 2.45) is 0 Å². The van der Waals surface area contributed by atoms with E-state index in [9.17, 15) is 0 Å². The molecule has 2 aromatic rings. The van der Waals surface area contributed by atoms with E-state index in [1.165, 1.54) is 0 Å². The number of likely N-dealkylation sites (N-methyl/N-ethyl adjacent to an activating group) is 1. The molecule has 0 spiro atoms. The van der Waals surface area contributed by atoms with Crippen molar-refractivity contribution < 1.29 is 4.52 Å². The van der Waals surface area contributed by atoms with Crippen molar-refractivity contribution in [3.8, 4) is 0 Å². The predicted molar refractivity (Wildman–Crippen MR) is 66.2 cm³/mol. The van der Waals surface area contributed by atoms with Crippen molar-refractivity contribution >= 4 is 11.3 Å². The van der Waals surface area contributed by atoms with Crippen LogP contribution in [0, 0.1) is 6.92 Å². The zero-order valence-corrected chi connectivity index (χ0v) is 11.0. The van der Waals surface area contributed by atoms with Gasteiger partial charge in [-0.2, -0.15) is 4.98 Å². The maximum absolute atomic E-state index is 5.19. The highest BCUT2D eigenvalue weighted by atomic mass is 32.1. The molecular formula is C11H16N4OS. The monoisotopic (exact) mass is 252 g/mol. The lowest BCUT2D eigenvalue weighted by atomic mass is 10.2. The summed E-state index contributed by atoms with van der Waals surface area (Å²) in [6.07, 6.45) is 1.39. The van der Waals surface area contributed by atoms with Crippen molar-refractivity contribution in [1.29, 1.82) is 0 Å². The van der Waals surface area contributed by atoms with Gasteiger partial charge in [-0.15, -0.1) is 11.3 Å². The number of aryl methyl sites for hydroxylation is 1. The maximum atomic E-state index is 5.19. The molecule has 92 valence electrons. The van der Waals surface area contributed by atoms with Crippen LogP contribution in [0.1, 0.15) is 29.3 Å². The third-order valence-electron chi connectivity index (χ3n) is 2.49. The van der Waals surface area contributed by atoms with Crippen LogP contribution in [-0.4, -0.2) is 28.2 Å². The van der Waals surface area contributed by atoms with Crippen LogP contribution in [0.2, 0.25) is 0 Å². The number of thiazole rings is 1. The molecule has 0 saturated carbocycles. The van der Waals surface area contributed by atoms with Gasteiger partial charge < -0.3 is 9.84 Å². The molecule has 0 saturated heterocycles. The van der Waals surface area contributed by atoms with Gasteiger partial charge in [0.15, 0.2) is 5.82 Å². The minimum atomic E-state index is 0.338. The van der Waals surface area contributed by atoms with Crippen LogP contribution in [0.15, 0.2) is 9.90 Å². The van der Waals surface area contributed by atoms with Gasteiger partial charge in [-0.05, 0) is 20.9 Å². The molecule has 0 aliphatic rings. The van der Waals surface area contributed by atoms with Crippen molar-refractivity contribution in [2.75, 3.05) is 7.05 Å². The van der Waals surface area contributed by atoms with E-state index in [1.54, 1.807) is 11.3 Å². The molecule has 0 aromatic carbocycles.